The largest absolute Gasteiger partial charge is 0.496 e. The molecule has 7 heteroatoms. The second-order valence-electron chi connectivity index (χ2n) is 5.14. The Hall–Kier alpha value is -1.50. The summed E-state index contributed by atoms with van der Waals surface area (Å²) in [5.41, 5.74) is 6.49. The lowest BCUT2D eigenvalue weighted by Crippen LogP contribution is -2.53. The van der Waals surface area contributed by atoms with Gasteiger partial charge in [-0.3, -0.25) is 4.79 Å². The van der Waals surface area contributed by atoms with Crippen LogP contribution >= 0.6 is 11.6 Å². The topological polar surface area (TPSA) is 85.6 Å². The summed E-state index contributed by atoms with van der Waals surface area (Å²) in [7, 11) is 1.49. The molecule has 1 aliphatic rings. The van der Waals surface area contributed by atoms with Gasteiger partial charge >= 0.3 is 0 Å². The van der Waals surface area contributed by atoms with Crippen LogP contribution in [0.25, 0.3) is 0 Å². The van der Waals surface area contributed by atoms with Crippen molar-refractivity contribution in [3.8, 4) is 5.75 Å². The summed E-state index contributed by atoms with van der Waals surface area (Å²) in [4.78, 5) is 12.5. The van der Waals surface area contributed by atoms with Crippen molar-refractivity contribution >= 4 is 23.2 Å². The summed E-state index contributed by atoms with van der Waals surface area (Å²) in [5.74, 6) is 0.164. The van der Waals surface area contributed by atoms with Crippen LogP contribution in [0.2, 0.25) is 5.02 Å². The molecule has 1 saturated heterocycles. The second-order valence-corrected chi connectivity index (χ2v) is 5.55. The van der Waals surface area contributed by atoms with Crippen LogP contribution in [0.1, 0.15) is 23.7 Å². The van der Waals surface area contributed by atoms with Crippen LogP contribution in [-0.2, 0) is 4.74 Å². The Morgan fingerprint density at radius 3 is 3.00 bits per heavy atom. The molecule has 122 valence electrons. The fourth-order valence-corrected chi connectivity index (χ4v) is 2.71. The van der Waals surface area contributed by atoms with Crippen molar-refractivity contribution in [2.45, 2.75) is 25.5 Å². The number of carbonyl (C=O) groups excluding carboxylic acids is 1. The molecule has 2 atom stereocenters. The Balaban J connectivity index is 2.15. The number of benzene rings is 1. The maximum atomic E-state index is 12.5. The Bertz CT molecular complexity index is 537. The Kier molecular flexibility index (Phi) is 5.88. The van der Waals surface area contributed by atoms with E-state index < -0.39 is 0 Å². The van der Waals surface area contributed by atoms with Crippen molar-refractivity contribution in [2.75, 3.05) is 32.5 Å². The van der Waals surface area contributed by atoms with Gasteiger partial charge in [-0.2, -0.15) is 0 Å². The molecule has 0 bridgehead atoms. The number of nitrogens with two attached hydrogens (primary N) is 1. The van der Waals surface area contributed by atoms with Crippen molar-refractivity contribution < 1.29 is 14.3 Å². The maximum absolute atomic E-state index is 12.5. The summed E-state index contributed by atoms with van der Waals surface area (Å²) < 4.78 is 10.9. The third kappa shape index (κ3) is 3.82. The molecule has 1 aromatic rings. The molecule has 1 fully saturated rings. The highest BCUT2D eigenvalue weighted by Crippen LogP contribution is 2.29. The van der Waals surface area contributed by atoms with Crippen molar-refractivity contribution in [3.63, 3.8) is 0 Å². The lowest BCUT2D eigenvalue weighted by molar-refractivity contribution is 0.0208. The van der Waals surface area contributed by atoms with E-state index in [0.29, 0.717) is 28.6 Å². The molecule has 4 N–H and O–H groups in total. The number of ether oxygens (including phenoxy) is 2. The number of hydrogen-bond acceptors (Lipinski definition) is 5. The summed E-state index contributed by atoms with van der Waals surface area (Å²) in [6.07, 6.45) is 0.763. The molecule has 2 rings (SSSR count). The fraction of sp³-hybridized carbons (Fsp3) is 0.533. The average Bonchev–Trinajstić information content (AvgIpc) is 2.51. The van der Waals surface area contributed by atoms with E-state index >= 15 is 0 Å². The van der Waals surface area contributed by atoms with Gasteiger partial charge in [0.2, 0.25) is 0 Å². The van der Waals surface area contributed by atoms with Gasteiger partial charge < -0.3 is 25.8 Å². The zero-order chi connectivity index (χ0) is 16.1. The van der Waals surface area contributed by atoms with Crippen LogP contribution in [0, 0.1) is 0 Å². The number of halogens is 1. The van der Waals surface area contributed by atoms with Crippen LogP contribution in [0.3, 0.4) is 0 Å². The molecule has 2 unspecified atom stereocenters. The molecule has 22 heavy (non-hydrogen) atoms. The molecule has 1 aliphatic heterocycles. The molecule has 0 aliphatic carbocycles. The van der Waals surface area contributed by atoms with Gasteiger partial charge in [-0.15, -0.1) is 0 Å². The van der Waals surface area contributed by atoms with Gasteiger partial charge in [0.1, 0.15) is 5.75 Å². The minimum absolute atomic E-state index is 0.0436. The minimum atomic E-state index is -0.240. The number of methoxy groups -OCH3 is 1. The van der Waals surface area contributed by atoms with E-state index in [4.69, 9.17) is 26.8 Å². The van der Waals surface area contributed by atoms with Crippen molar-refractivity contribution in [3.05, 3.63) is 22.7 Å². The smallest absolute Gasteiger partial charge is 0.255 e. The summed E-state index contributed by atoms with van der Waals surface area (Å²) in [6, 6.07) is 3.04. The van der Waals surface area contributed by atoms with Crippen molar-refractivity contribution in [2.24, 2.45) is 0 Å². The average molecular weight is 328 g/mol. The summed E-state index contributed by atoms with van der Waals surface area (Å²) in [5, 5.41) is 6.60. The number of hydrogen-bond donors (Lipinski definition) is 3. The highest BCUT2D eigenvalue weighted by molar-refractivity contribution is 6.33. The minimum Gasteiger partial charge on any atom is -0.496 e. The molecule has 0 aromatic heterocycles. The fourth-order valence-electron chi connectivity index (χ4n) is 2.55. The third-order valence-electron chi connectivity index (χ3n) is 3.69. The van der Waals surface area contributed by atoms with E-state index in [1.54, 1.807) is 6.07 Å². The van der Waals surface area contributed by atoms with E-state index in [9.17, 15) is 4.79 Å². The number of nitrogens with one attached hydrogen (secondary N) is 2. The number of anilines is 1. The summed E-state index contributed by atoms with van der Waals surface area (Å²) in [6.45, 7) is 4.11. The van der Waals surface area contributed by atoms with Crippen LogP contribution in [0.4, 0.5) is 5.69 Å². The van der Waals surface area contributed by atoms with Gasteiger partial charge in [0, 0.05) is 19.2 Å². The zero-order valence-electron chi connectivity index (χ0n) is 12.8. The Morgan fingerprint density at radius 2 is 2.32 bits per heavy atom. The van der Waals surface area contributed by atoms with E-state index in [1.165, 1.54) is 13.2 Å². The number of nitrogen functional groups attached to an aromatic ring is 1. The normalized spacial score (nSPS) is 21.4. The third-order valence-corrected chi connectivity index (χ3v) is 4.01. The number of piperidine rings is 1. The predicted molar refractivity (Wildman–Crippen MR) is 86.6 cm³/mol. The van der Waals surface area contributed by atoms with E-state index in [1.807, 2.05) is 6.92 Å². The van der Waals surface area contributed by atoms with E-state index in [2.05, 4.69) is 10.6 Å². The first-order valence-corrected chi connectivity index (χ1v) is 7.70. The van der Waals surface area contributed by atoms with E-state index in [-0.39, 0.29) is 18.1 Å². The molecule has 0 saturated carbocycles. The number of amides is 1. The summed E-state index contributed by atoms with van der Waals surface area (Å²) >= 11 is 6.01. The van der Waals surface area contributed by atoms with Gasteiger partial charge in [-0.05, 0) is 26.0 Å². The molecule has 1 aromatic carbocycles. The van der Waals surface area contributed by atoms with Crippen molar-refractivity contribution in [1.29, 1.82) is 0 Å². The zero-order valence-corrected chi connectivity index (χ0v) is 13.6. The maximum Gasteiger partial charge on any atom is 0.255 e. The van der Waals surface area contributed by atoms with Gasteiger partial charge in [-0.1, -0.05) is 11.6 Å². The van der Waals surface area contributed by atoms with Gasteiger partial charge in [0.25, 0.3) is 5.91 Å². The van der Waals surface area contributed by atoms with Crippen LogP contribution in [0.15, 0.2) is 12.1 Å². The Labute approximate surface area is 135 Å². The van der Waals surface area contributed by atoms with Crippen LogP contribution in [-0.4, -0.2) is 44.9 Å². The first-order chi connectivity index (χ1) is 10.6. The molecule has 0 spiro atoms. The highest BCUT2D eigenvalue weighted by Gasteiger charge is 2.28. The van der Waals surface area contributed by atoms with Gasteiger partial charge in [0.05, 0.1) is 35.5 Å². The number of carbonyl (C=O) groups is 1. The SMILES string of the molecule is CCOC1CNCCC1NC(=O)c1cc(Cl)c(N)cc1OC. The Morgan fingerprint density at radius 1 is 1.55 bits per heavy atom. The first-order valence-electron chi connectivity index (χ1n) is 7.33. The second kappa shape index (κ2) is 7.67. The van der Waals surface area contributed by atoms with Gasteiger partial charge in [0.15, 0.2) is 0 Å². The molecular formula is C15H22ClN3O3. The highest BCUT2D eigenvalue weighted by atomic mass is 35.5. The van der Waals surface area contributed by atoms with Crippen LogP contribution < -0.4 is 21.1 Å². The lowest BCUT2D eigenvalue weighted by Gasteiger charge is -2.32. The predicted octanol–water partition coefficient (Wildman–Crippen LogP) is 1.43. The van der Waals surface area contributed by atoms with E-state index in [0.717, 1.165) is 19.5 Å². The molecule has 6 nitrogen and oxygen atoms in total. The molecule has 1 heterocycles. The van der Waals surface area contributed by atoms with Crippen LogP contribution in [0.5, 0.6) is 5.75 Å². The molecular weight excluding hydrogens is 306 g/mol. The molecule has 1 amide bonds. The van der Waals surface area contributed by atoms with Crippen molar-refractivity contribution in [1.82, 2.24) is 10.6 Å². The lowest BCUT2D eigenvalue weighted by atomic mass is 10.0. The quantitative estimate of drug-likeness (QED) is 0.712. The van der Waals surface area contributed by atoms with Gasteiger partial charge in [-0.25, -0.2) is 0 Å². The monoisotopic (exact) mass is 327 g/mol. The molecule has 0 radical (unpaired) electrons. The first kappa shape index (κ1) is 16.9. The standard InChI is InChI=1S/C15H22ClN3O3/c1-3-22-14-8-18-5-4-12(14)19-15(20)9-6-10(16)11(17)7-13(9)21-2/h6-7,12,14,18H,3-5,8,17H2,1-2H3,(H,19,20). The number of rotatable bonds is 5.